The van der Waals surface area contributed by atoms with Crippen molar-refractivity contribution < 1.29 is 25.8 Å². The van der Waals surface area contributed by atoms with E-state index in [-0.39, 0.29) is 21.1 Å². The second-order valence-corrected chi connectivity index (χ2v) is 10.1. The molecule has 5 nitrogen and oxygen atoms in total. The Morgan fingerprint density at radius 2 is 1.03 bits per heavy atom. The third kappa shape index (κ3) is 3.71. The number of nitrogens with zero attached hydrogens (tertiary/aromatic N) is 4. The Morgan fingerprint density at radius 3 is 1.50 bits per heavy atom. The summed E-state index contributed by atoms with van der Waals surface area (Å²) in [4.78, 5) is 9.51. The molecule has 0 aromatic heterocycles. The Hall–Kier alpha value is -3.43. The van der Waals surface area contributed by atoms with Gasteiger partial charge in [-0.2, -0.15) is 25.5 Å². The number of hydrogen-bond donors (Lipinski definition) is 0. The molecule has 190 valence electrons. The fourth-order valence-corrected chi connectivity index (χ4v) is 6.31. The van der Waals surface area contributed by atoms with Crippen molar-refractivity contribution in [3.8, 4) is 11.5 Å². The van der Waals surface area contributed by atoms with Crippen LogP contribution in [-0.4, -0.2) is 12.1 Å². The monoisotopic (exact) mass is 677 g/mol. The van der Waals surface area contributed by atoms with Gasteiger partial charge in [-0.05, 0) is 37.1 Å². The Kier molecular flexibility index (Phi) is 5.85. The molecule has 2 unspecified atom stereocenters. The normalized spacial score (nSPS) is 20.8. The minimum Gasteiger partial charge on any atom is -0.509 e. The van der Waals surface area contributed by atoms with Crippen LogP contribution in [0.5, 0.6) is 11.5 Å². The fourth-order valence-electron chi connectivity index (χ4n) is 6.31. The molecule has 4 aromatic carbocycles. The standard InChI is InChI=1S/C32H26N4O.Pt/c1-3-15-29-27(13-1)33-21-35(29)31-17-5-6-18-32(31)36-22-34(28-14-2-4-16-30(28)36)24-10-8-12-26(20-24)37-25-11-7-9-23(33)19-25;/h1-4,7-16,21-22,31-32H,5-6,17-18H2;/q-4;+4. The number of benzene rings is 4. The van der Waals surface area contributed by atoms with E-state index >= 15 is 0 Å². The number of para-hydroxylation sites is 4. The van der Waals surface area contributed by atoms with Crippen LogP contribution in [0, 0.1) is 25.5 Å². The summed E-state index contributed by atoms with van der Waals surface area (Å²) in [5.74, 6) is 1.35. The van der Waals surface area contributed by atoms with Crippen LogP contribution < -0.4 is 24.3 Å². The van der Waals surface area contributed by atoms with Crippen LogP contribution in [-0.2, 0) is 21.1 Å². The molecule has 0 amide bonds. The maximum absolute atomic E-state index is 6.30. The molecule has 1 fully saturated rings. The zero-order valence-corrected chi connectivity index (χ0v) is 23.0. The predicted octanol–water partition coefficient (Wildman–Crippen LogP) is 7.56. The molecule has 8 bridgehead atoms. The number of ether oxygens (including phenoxy) is 1. The van der Waals surface area contributed by atoms with Crippen LogP contribution in [0.4, 0.5) is 34.1 Å². The molecular weight excluding hydrogens is 651 g/mol. The van der Waals surface area contributed by atoms with E-state index in [4.69, 9.17) is 4.74 Å². The first-order valence-corrected chi connectivity index (χ1v) is 13.1. The van der Waals surface area contributed by atoms with Gasteiger partial charge in [0.05, 0.1) is 0 Å². The molecule has 0 N–H and O–H groups in total. The van der Waals surface area contributed by atoms with Crippen molar-refractivity contribution in [2.24, 2.45) is 0 Å². The molecule has 0 spiro atoms. The van der Waals surface area contributed by atoms with Crippen LogP contribution in [0.2, 0.25) is 0 Å². The Bertz CT molecular complexity index is 1380. The maximum atomic E-state index is 6.30. The maximum Gasteiger partial charge on any atom is 4.00 e. The van der Waals surface area contributed by atoms with E-state index in [0.29, 0.717) is 23.6 Å². The van der Waals surface area contributed by atoms with Crippen LogP contribution in [0.1, 0.15) is 25.7 Å². The van der Waals surface area contributed by atoms with Gasteiger partial charge in [-0.15, -0.1) is 47.8 Å². The first-order valence-electron chi connectivity index (χ1n) is 13.1. The van der Waals surface area contributed by atoms with Gasteiger partial charge >= 0.3 is 21.1 Å². The quantitative estimate of drug-likeness (QED) is 0.179. The van der Waals surface area contributed by atoms with Crippen molar-refractivity contribution in [1.82, 2.24) is 0 Å². The average Bonchev–Trinajstić information content (AvgIpc) is 3.53. The van der Waals surface area contributed by atoms with E-state index in [1.807, 2.05) is 24.3 Å². The summed E-state index contributed by atoms with van der Waals surface area (Å²) in [6.07, 6.45) is 4.75. The molecule has 8 rings (SSSR count). The van der Waals surface area contributed by atoms with Gasteiger partial charge in [0, 0.05) is 46.3 Å². The van der Waals surface area contributed by atoms with E-state index in [1.54, 1.807) is 0 Å². The Balaban J connectivity index is 0.00000242. The van der Waals surface area contributed by atoms with Crippen molar-refractivity contribution in [1.29, 1.82) is 0 Å². The van der Waals surface area contributed by atoms with E-state index in [0.717, 1.165) is 24.2 Å². The molecule has 4 aromatic rings. The molecule has 38 heavy (non-hydrogen) atoms. The second-order valence-electron chi connectivity index (χ2n) is 10.1. The molecule has 4 aliphatic rings. The fraction of sp³-hybridized carbons (Fsp3) is 0.188. The van der Waals surface area contributed by atoms with Crippen LogP contribution in [0.25, 0.3) is 0 Å². The third-order valence-electron chi connectivity index (χ3n) is 7.97. The smallest absolute Gasteiger partial charge is 0.509 e. The van der Waals surface area contributed by atoms with Gasteiger partial charge in [-0.3, -0.25) is 0 Å². The summed E-state index contributed by atoms with van der Waals surface area (Å²) in [7, 11) is 0. The second kappa shape index (κ2) is 9.39. The zero-order valence-electron chi connectivity index (χ0n) is 20.7. The number of anilines is 6. The molecule has 6 heteroatoms. The summed E-state index contributed by atoms with van der Waals surface area (Å²) in [6.45, 7) is 4.55. The van der Waals surface area contributed by atoms with Crippen molar-refractivity contribution in [2.75, 3.05) is 19.6 Å². The van der Waals surface area contributed by atoms with Gasteiger partial charge in [-0.25, -0.2) is 0 Å². The van der Waals surface area contributed by atoms with Crippen molar-refractivity contribution in [3.05, 3.63) is 110 Å². The SMILES string of the molecule is [Pt+4].[c-]1c2cccc1N1[CH-]N(c3ccccc31)C1CCCCC1N1[CH-]N(c3[c-]c(ccc3)O2)c2ccccc21. The topological polar surface area (TPSA) is 22.2 Å². The average molecular weight is 678 g/mol. The molecule has 0 saturated heterocycles. The Labute approximate surface area is 238 Å². The van der Waals surface area contributed by atoms with Crippen molar-refractivity contribution in [3.63, 3.8) is 0 Å². The van der Waals surface area contributed by atoms with Crippen LogP contribution in [0.15, 0.2) is 84.9 Å². The molecule has 0 radical (unpaired) electrons. The largest absolute Gasteiger partial charge is 4.00 e. The van der Waals surface area contributed by atoms with Gasteiger partial charge in [0.15, 0.2) is 0 Å². The van der Waals surface area contributed by atoms with Gasteiger partial charge in [0.1, 0.15) is 0 Å². The molecule has 3 aliphatic heterocycles. The van der Waals surface area contributed by atoms with Crippen LogP contribution >= 0.6 is 0 Å². The molecule has 3 heterocycles. The molecule has 1 aliphatic carbocycles. The van der Waals surface area contributed by atoms with Gasteiger partial charge in [0.2, 0.25) is 0 Å². The Morgan fingerprint density at radius 1 is 0.579 bits per heavy atom. The van der Waals surface area contributed by atoms with E-state index in [2.05, 4.69) is 106 Å². The predicted molar refractivity (Wildman–Crippen MR) is 147 cm³/mol. The van der Waals surface area contributed by atoms with Gasteiger partial charge in [-0.1, -0.05) is 37.1 Å². The van der Waals surface area contributed by atoms with E-state index in [1.165, 1.54) is 35.6 Å². The number of hydrogen-bond acceptors (Lipinski definition) is 5. The number of rotatable bonds is 0. The summed E-state index contributed by atoms with van der Waals surface area (Å²) >= 11 is 0. The van der Waals surface area contributed by atoms with Crippen molar-refractivity contribution >= 4 is 34.1 Å². The minimum absolute atomic E-state index is 0. The summed E-state index contributed by atoms with van der Waals surface area (Å²) < 4.78 is 6.30. The summed E-state index contributed by atoms with van der Waals surface area (Å²) in [6, 6.07) is 37.3. The van der Waals surface area contributed by atoms with Crippen molar-refractivity contribution in [2.45, 2.75) is 37.8 Å². The number of fused-ring (bicyclic) bond motifs is 19. The third-order valence-corrected chi connectivity index (χ3v) is 7.97. The van der Waals surface area contributed by atoms with Gasteiger partial charge in [0.25, 0.3) is 0 Å². The molecule has 1 saturated carbocycles. The molecular formula is C32H26N4OPt. The van der Waals surface area contributed by atoms with E-state index < -0.39 is 0 Å². The molecule has 2 atom stereocenters. The minimum atomic E-state index is 0. The summed E-state index contributed by atoms with van der Waals surface area (Å²) in [5, 5.41) is 0. The summed E-state index contributed by atoms with van der Waals surface area (Å²) in [5.41, 5.74) is 6.77. The first-order chi connectivity index (χ1) is 18.3. The van der Waals surface area contributed by atoms with Gasteiger partial charge < -0.3 is 24.3 Å². The van der Waals surface area contributed by atoms with E-state index in [9.17, 15) is 0 Å². The zero-order chi connectivity index (χ0) is 24.3. The first kappa shape index (κ1) is 23.7. The van der Waals surface area contributed by atoms with Crippen LogP contribution in [0.3, 0.4) is 0 Å².